The Kier molecular flexibility index (Phi) is 10.3. The van der Waals surface area contributed by atoms with Crippen LogP contribution >= 0.6 is 11.6 Å². The molecule has 30 heavy (non-hydrogen) atoms. The van der Waals surface area contributed by atoms with Gasteiger partial charge < -0.3 is 14.8 Å². The number of nitrogens with one attached hydrogen (secondary N) is 2. The highest BCUT2D eigenvalue weighted by Crippen LogP contribution is 2.16. The Morgan fingerprint density at radius 1 is 1.07 bits per heavy atom. The molecule has 2 amide bonds. The van der Waals surface area contributed by atoms with E-state index in [0.717, 1.165) is 5.56 Å². The average molecular weight is 435 g/mol. The van der Waals surface area contributed by atoms with Crippen LogP contribution in [0.15, 0.2) is 54.6 Å². The van der Waals surface area contributed by atoms with E-state index in [1.165, 1.54) is 0 Å². The average Bonchev–Trinajstić information content (AvgIpc) is 2.76. The lowest BCUT2D eigenvalue weighted by atomic mass is 9.92. The minimum absolute atomic E-state index is 0.0827. The second-order valence-electron chi connectivity index (χ2n) is 6.76. The van der Waals surface area contributed by atoms with Crippen molar-refractivity contribution in [2.45, 2.75) is 25.8 Å². The Labute approximate surface area is 181 Å². The molecule has 2 aromatic rings. The largest absolute Gasteiger partial charge is 0.356 e. The number of ether oxygens (including phenoxy) is 2. The quantitative estimate of drug-likeness (QED) is 0.206. The predicted molar refractivity (Wildman–Crippen MR) is 113 cm³/mol. The van der Waals surface area contributed by atoms with Crippen molar-refractivity contribution in [3.8, 4) is 0 Å². The number of hydrogen-bond acceptors (Lipinski definition) is 5. The van der Waals surface area contributed by atoms with Gasteiger partial charge in [0.05, 0.1) is 12.6 Å². The summed E-state index contributed by atoms with van der Waals surface area (Å²) in [7, 11) is 0. The SMILES string of the molecule is CCOCOCC(CC(Cc1ccccc1)C(=O)NO)NC(=O)c1ccc(Cl)cc1. The molecule has 0 bridgehead atoms. The van der Waals surface area contributed by atoms with Gasteiger partial charge in [-0.1, -0.05) is 41.9 Å². The molecule has 2 rings (SSSR count). The normalized spacial score (nSPS) is 12.8. The molecule has 0 radical (unpaired) electrons. The maximum absolute atomic E-state index is 12.6. The van der Waals surface area contributed by atoms with Crippen LogP contribution in [0, 0.1) is 5.92 Å². The van der Waals surface area contributed by atoms with Crippen molar-refractivity contribution in [1.29, 1.82) is 0 Å². The van der Waals surface area contributed by atoms with Gasteiger partial charge in [-0.25, -0.2) is 5.48 Å². The number of rotatable bonds is 12. The lowest BCUT2D eigenvalue weighted by molar-refractivity contribution is -0.134. The summed E-state index contributed by atoms with van der Waals surface area (Å²) in [5.41, 5.74) is 3.12. The van der Waals surface area contributed by atoms with Gasteiger partial charge in [0.2, 0.25) is 5.91 Å². The molecule has 0 heterocycles. The second kappa shape index (κ2) is 13.0. The first kappa shape index (κ1) is 23.8. The Morgan fingerprint density at radius 2 is 1.77 bits per heavy atom. The monoisotopic (exact) mass is 434 g/mol. The Hall–Kier alpha value is -2.45. The van der Waals surface area contributed by atoms with Crippen molar-refractivity contribution in [1.82, 2.24) is 10.8 Å². The van der Waals surface area contributed by atoms with E-state index in [2.05, 4.69) is 5.32 Å². The van der Waals surface area contributed by atoms with Gasteiger partial charge in [-0.2, -0.15) is 0 Å². The number of carbonyl (C=O) groups is 2. The van der Waals surface area contributed by atoms with Gasteiger partial charge in [-0.15, -0.1) is 0 Å². The molecular formula is C22H27ClN2O5. The number of amides is 2. The highest BCUT2D eigenvalue weighted by Gasteiger charge is 2.25. The van der Waals surface area contributed by atoms with Gasteiger partial charge in [-0.05, 0) is 49.6 Å². The summed E-state index contributed by atoms with van der Waals surface area (Å²) in [6.07, 6.45) is 0.679. The Bertz CT molecular complexity index is 786. The van der Waals surface area contributed by atoms with Crippen molar-refractivity contribution < 1.29 is 24.3 Å². The van der Waals surface area contributed by atoms with Crippen molar-refractivity contribution in [3.05, 3.63) is 70.7 Å². The highest BCUT2D eigenvalue weighted by molar-refractivity contribution is 6.30. The lowest BCUT2D eigenvalue weighted by Gasteiger charge is -2.24. The third-order valence-corrected chi connectivity index (χ3v) is 4.76. The molecule has 0 saturated carbocycles. The molecule has 7 nitrogen and oxygen atoms in total. The first-order chi connectivity index (χ1) is 14.5. The molecule has 2 atom stereocenters. The summed E-state index contributed by atoms with van der Waals surface area (Å²) in [6.45, 7) is 2.60. The van der Waals surface area contributed by atoms with Gasteiger partial charge in [0, 0.05) is 23.1 Å². The number of benzene rings is 2. The molecular weight excluding hydrogens is 408 g/mol. The second-order valence-corrected chi connectivity index (χ2v) is 7.19. The van der Waals surface area contributed by atoms with Crippen LogP contribution in [0.1, 0.15) is 29.3 Å². The van der Waals surface area contributed by atoms with Gasteiger partial charge in [0.15, 0.2) is 0 Å². The van der Waals surface area contributed by atoms with Crippen LogP contribution in [0.4, 0.5) is 0 Å². The highest BCUT2D eigenvalue weighted by atomic mass is 35.5. The van der Waals surface area contributed by atoms with Gasteiger partial charge in [0.25, 0.3) is 5.91 Å². The molecule has 0 spiro atoms. The number of carbonyl (C=O) groups excluding carboxylic acids is 2. The van der Waals surface area contributed by atoms with Crippen molar-refractivity contribution >= 4 is 23.4 Å². The first-order valence-electron chi connectivity index (χ1n) is 9.73. The summed E-state index contributed by atoms with van der Waals surface area (Å²) in [5.74, 6) is -1.39. The van der Waals surface area contributed by atoms with Gasteiger partial charge in [-0.3, -0.25) is 14.8 Å². The smallest absolute Gasteiger partial charge is 0.251 e. The van der Waals surface area contributed by atoms with E-state index in [0.29, 0.717) is 23.6 Å². The zero-order chi connectivity index (χ0) is 21.8. The topological polar surface area (TPSA) is 96.9 Å². The van der Waals surface area contributed by atoms with E-state index in [9.17, 15) is 14.8 Å². The number of halogens is 1. The molecule has 2 aromatic carbocycles. The zero-order valence-electron chi connectivity index (χ0n) is 16.8. The molecule has 0 aliphatic carbocycles. The predicted octanol–water partition coefficient (Wildman–Crippen LogP) is 3.20. The molecule has 162 valence electrons. The van der Waals surface area contributed by atoms with Crippen molar-refractivity contribution in [2.75, 3.05) is 20.0 Å². The maximum atomic E-state index is 12.6. The Balaban J connectivity index is 2.10. The molecule has 8 heteroatoms. The zero-order valence-corrected chi connectivity index (χ0v) is 17.6. The van der Waals surface area contributed by atoms with E-state index in [1.807, 2.05) is 37.3 Å². The summed E-state index contributed by atoms with van der Waals surface area (Å²) >= 11 is 5.88. The maximum Gasteiger partial charge on any atom is 0.251 e. The van der Waals surface area contributed by atoms with Crippen LogP contribution in [0.5, 0.6) is 0 Å². The minimum Gasteiger partial charge on any atom is -0.356 e. The molecule has 0 fully saturated rings. The molecule has 0 aliphatic heterocycles. The van der Waals surface area contributed by atoms with Crippen LogP contribution in [0.2, 0.25) is 5.02 Å². The summed E-state index contributed by atoms with van der Waals surface area (Å²) < 4.78 is 10.7. The third kappa shape index (κ3) is 8.12. The van der Waals surface area contributed by atoms with Crippen molar-refractivity contribution in [3.63, 3.8) is 0 Å². The van der Waals surface area contributed by atoms with E-state index < -0.39 is 17.9 Å². The van der Waals surface area contributed by atoms with E-state index in [-0.39, 0.29) is 25.7 Å². The fourth-order valence-corrected chi connectivity index (χ4v) is 3.11. The molecule has 2 unspecified atom stereocenters. The first-order valence-corrected chi connectivity index (χ1v) is 10.1. The molecule has 3 N–H and O–H groups in total. The van der Waals surface area contributed by atoms with Crippen LogP contribution in [0.3, 0.4) is 0 Å². The van der Waals surface area contributed by atoms with Gasteiger partial charge >= 0.3 is 0 Å². The van der Waals surface area contributed by atoms with Crippen LogP contribution in [-0.2, 0) is 20.7 Å². The number of hydrogen-bond donors (Lipinski definition) is 3. The van der Waals surface area contributed by atoms with Crippen molar-refractivity contribution in [2.24, 2.45) is 5.92 Å². The fourth-order valence-electron chi connectivity index (χ4n) is 2.99. The standard InChI is InChI=1S/C22H27ClN2O5/c1-2-29-15-30-14-20(24-21(26)17-8-10-19(23)11-9-17)13-18(22(27)25-28)12-16-6-4-3-5-7-16/h3-11,18,20,28H,2,12-15H2,1H3,(H,24,26)(H,25,27). The summed E-state index contributed by atoms with van der Waals surface area (Å²) in [6, 6.07) is 15.5. The summed E-state index contributed by atoms with van der Waals surface area (Å²) in [5, 5.41) is 12.6. The Morgan fingerprint density at radius 3 is 2.40 bits per heavy atom. The van der Waals surface area contributed by atoms with Crippen LogP contribution in [-0.4, -0.2) is 43.1 Å². The van der Waals surface area contributed by atoms with Crippen LogP contribution < -0.4 is 10.8 Å². The molecule has 0 aliphatic rings. The fraction of sp³-hybridized carbons (Fsp3) is 0.364. The summed E-state index contributed by atoms with van der Waals surface area (Å²) in [4.78, 5) is 24.9. The lowest BCUT2D eigenvalue weighted by Crippen LogP contribution is -2.42. The minimum atomic E-state index is -0.566. The number of hydroxylamine groups is 1. The van der Waals surface area contributed by atoms with E-state index >= 15 is 0 Å². The van der Waals surface area contributed by atoms with Crippen LogP contribution in [0.25, 0.3) is 0 Å². The molecule has 0 saturated heterocycles. The van der Waals surface area contributed by atoms with E-state index in [4.69, 9.17) is 21.1 Å². The van der Waals surface area contributed by atoms with E-state index in [1.54, 1.807) is 29.7 Å². The van der Waals surface area contributed by atoms with Gasteiger partial charge in [0.1, 0.15) is 6.79 Å². The molecule has 0 aromatic heterocycles. The third-order valence-electron chi connectivity index (χ3n) is 4.51.